The largest absolute Gasteiger partial charge is 0.398 e. The van der Waals surface area contributed by atoms with Gasteiger partial charge in [-0.05, 0) is 36.5 Å². The van der Waals surface area contributed by atoms with Gasteiger partial charge in [-0.15, -0.1) is 0 Å². The van der Waals surface area contributed by atoms with Crippen molar-refractivity contribution in [3.8, 4) is 0 Å². The zero-order chi connectivity index (χ0) is 14.0. The van der Waals surface area contributed by atoms with Crippen LogP contribution in [-0.2, 0) is 0 Å². The molecule has 3 atom stereocenters. The summed E-state index contributed by atoms with van der Waals surface area (Å²) in [6.07, 6.45) is 3.45. The maximum atomic E-state index is 12.3. The fraction of sp³-hybridized carbons (Fsp3) is 0.533. The molecule has 2 rings (SSSR count). The van der Waals surface area contributed by atoms with Crippen LogP contribution in [0.15, 0.2) is 18.2 Å². The standard InChI is InChI=1S/C15H21ClN2O/c1-9-4-3-5-14(10(9)2)18-15(19)12-8-11(16)6-7-13(12)17/h6-10,14H,3-5,17H2,1-2H3,(H,18,19). The van der Waals surface area contributed by atoms with E-state index in [1.807, 2.05) is 0 Å². The summed E-state index contributed by atoms with van der Waals surface area (Å²) in [5.74, 6) is 1.03. The van der Waals surface area contributed by atoms with Crippen LogP contribution in [0.1, 0.15) is 43.5 Å². The third-order valence-electron chi connectivity index (χ3n) is 4.28. The van der Waals surface area contributed by atoms with Crippen molar-refractivity contribution in [3.63, 3.8) is 0 Å². The van der Waals surface area contributed by atoms with Gasteiger partial charge in [-0.1, -0.05) is 38.3 Å². The van der Waals surface area contributed by atoms with Gasteiger partial charge in [0.25, 0.3) is 5.91 Å². The first-order valence-corrected chi connectivity index (χ1v) is 7.22. The second-order valence-corrected chi connectivity index (χ2v) is 6.02. The Balaban J connectivity index is 2.10. The van der Waals surface area contributed by atoms with Gasteiger partial charge in [0, 0.05) is 16.8 Å². The maximum absolute atomic E-state index is 12.3. The number of halogens is 1. The summed E-state index contributed by atoms with van der Waals surface area (Å²) < 4.78 is 0. The topological polar surface area (TPSA) is 55.1 Å². The minimum absolute atomic E-state index is 0.119. The van der Waals surface area contributed by atoms with Crippen molar-refractivity contribution in [2.24, 2.45) is 11.8 Å². The Kier molecular flexibility index (Phi) is 4.35. The molecule has 1 fully saturated rings. The van der Waals surface area contributed by atoms with Crippen LogP contribution in [0.2, 0.25) is 5.02 Å². The Labute approximate surface area is 119 Å². The van der Waals surface area contributed by atoms with E-state index in [1.165, 1.54) is 12.8 Å². The number of benzene rings is 1. The Hall–Kier alpha value is -1.22. The summed E-state index contributed by atoms with van der Waals surface area (Å²) in [5, 5.41) is 3.64. The first kappa shape index (κ1) is 14.2. The van der Waals surface area contributed by atoms with Crippen molar-refractivity contribution in [1.82, 2.24) is 5.32 Å². The summed E-state index contributed by atoms with van der Waals surface area (Å²) in [4.78, 5) is 12.3. The highest BCUT2D eigenvalue weighted by molar-refractivity contribution is 6.31. The summed E-state index contributed by atoms with van der Waals surface area (Å²) in [7, 11) is 0. The second-order valence-electron chi connectivity index (χ2n) is 5.58. The molecule has 0 saturated heterocycles. The fourth-order valence-electron chi connectivity index (χ4n) is 2.76. The van der Waals surface area contributed by atoms with E-state index < -0.39 is 0 Å². The minimum atomic E-state index is -0.119. The molecule has 1 aliphatic carbocycles. The third kappa shape index (κ3) is 3.21. The van der Waals surface area contributed by atoms with Gasteiger partial charge in [0.2, 0.25) is 0 Å². The molecule has 3 nitrogen and oxygen atoms in total. The quantitative estimate of drug-likeness (QED) is 0.815. The first-order chi connectivity index (χ1) is 8.99. The van der Waals surface area contributed by atoms with Crippen LogP contribution in [0.5, 0.6) is 0 Å². The summed E-state index contributed by atoms with van der Waals surface area (Å²) in [5.41, 5.74) is 6.78. The van der Waals surface area contributed by atoms with Crippen molar-refractivity contribution in [2.75, 3.05) is 5.73 Å². The van der Waals surface area contributed by atoms with Gasteiger partial charge in [-0.25, -0.2) is 0 Å². The van der Waals surface area contributed by atoms with Gasteiger partial charge in [0.15, 0.2) is 0 Å². The van der Waals surface area contributed by atoms with Crippen LogP contribution >= 0.6 is 11.6 Å². The van der Waals surface area contributed by atoms with E-state index >= 15 is 0 Å². The van der Waals surface area contributed by atoms with E-state index in [0.29, 0.717) is 28.1 Å². The minimum Gasteiger partial charge on any atom is -0.398 e. The van der Waals surface area contributed by atoms with Crippen molar-refractivity contribution in [3.05, 3.63) is 28.8 Å². The first-order valence-electron chi connectivity index (χ1n) is 6.85. The molecule has 1 aliphatic rings. The lowest BCUT2D eigenvalue weighted by Crippen LogP contribution is -2.43. The molecule has 0 bridgehead atoms. The number of hydrogen-bond acceptors (Lipinski definition) is 2. The molecule has 1 aromatic carbocycles. The van der Waals surface area contributed by atoms with E-state index in [9.17, 15) is 4.79 Å². The zero-order valence-electron chi connectivity index (χ0n) is 11.4. The number of hydrogen-bond donors (Lipinski definition) is 2. The molecular formula is C15H21ClN2O. The Bertz CT molecular complexity index is 475. The van der Waals surface area contributed by atoms with E-state index in [4.69, 9.17) is 17.3 Å². The van der Waals surface area contributed by atoms with Gasteiger partial charge < -0.3 is 11.1 Å². The third-order valence-corrected chi connectivity index (χ3v) is 4.52. The van der Waals surface area contributed by atoms with Crippen LogP contribution in [0, 0.1) is 11.8 Å². The lowest BCUT2D eigenvalue weighted by atomic mass is 9.78. The van der Waals surface area contributed by atoms with Gasteiger partial charge in [0.05, 0.1) is 5.56 Å². The number of nitrogens with two attached hydrogens (primary N) is 1. The molecule has 19 heavy (non-hydrogen) atoms. The molecule has 0 spiro atoms. The predicted octanol–water partition coefficient (Wildman–Crippen LogP) is 3.48. The van der Waals surface area contributed by atoms with Crippen molar-refractivity contribution in [2.45, 2.75) is 39.2 Å². The van der Waals surface area contributed by atoms with E-state index in [1.54, 1.807) is 18.2 Å². The Morgan fingerprint density at radius 1 is 1.37 bits per heavy atom. The number of amides is 1. The van der Waals surface area contributed by atoms with E-state index in [-0.39, 0.29) is 11.9 Å². The van der Waals surface area contributed by atoms with Crippen molar-refractivity contribution < 1.29 is 4.79 Å². The average molecular weight is 281 g/mol. The normalized spacial score (nSPS) is 27.0. The summed E-state index contributed by atoms with van der Waals surface area (Å²) in [6, 6.07) is 5.22. The van der Waals surface area contributed by atoms with E-state index in [2.05, 4.69) is 19.2 Å². The number of nitrogen functional groups attached to an aromatic ring is 1. The Morgan fingerprint density at radius 3 is 2.84 bits per heavy atom. The molecule has 104 valence electrons. The second kappa shape index (κ2) is 5.83. The van der Waals surface area contributed by atoms with Gasteiger partial charge >= 0.3 is 0 Å². The van der Waals surface area contributed by atoms with Crippen molar-refractivity contribution >= 4 is 23.2 Å². The van der Waals surface area contributed by atoms with Crippen molar-refractivity contribution in [1.29, 1.82) is 0 Å². The van der Waals surface area contributed by atoms with Crippen LogP contribution in [0.4, 0.5) is 5.69 Å². The fourth-order valence-corrected chi connectivity index (χ4v) is 2.93. The highest BCUT2D eigenvalue weighted by Gasteiger charge is 2.28. The molecule has 4 heteroatoms. The smallest absolute Gasteiger partial charge is 0.253 e. The lowest BCUT2D eigenvalue weighted by molar-refractivity contribution is 0.0892. The highest BCUT2D eigenvalue weighted by Crippen LogP contribution is 2.30. The SMILES string of the molecule is CC1CCCC(NC(=O)c2cc(Cl)ccc2N)C1C. The molecule has 0 radical (unpaired) electrons. The maximum Gasteiger partial charge on any atom is 0.253 e. The highest BCUT2D eigenvalue weighted by atomic mass is 35.5. The number of anilines is 1. The van der Waals surface area contributed by atoms with Gasteiger partial charge in [-0.3, -0.25) is 4.79 Å². The average Bonchev–Trinajstić information content (AvgIpc) is 2.38. The van der Waals surface area contributed by atoms with Crippen LogP contribution < -0.4 is 11.1 Å². The number of carbonyl (C=O) groups excluding carboxylic acids is 1. The van der Waals surface area contributed by atoms with Gasteiger partial charge in [0.1, 0.15) is 0 Å². The molecule has 1 aromatic rings. The van der Waals surface area contributed by atoms with Crippen LogP contribution in [-0.4, -0.2) is 11.9 Å². The lowest BCUT2D eigenvalue weighted by Gasteiger charge is -2.34. The number of nitrogens with one attached hydrogen (secondary N) is 1. The molecule has 0 heterocycles. The predicted molar refractivity (Wildman–Crippen MR) is 79.3 cm³/mol. The molecule has 0 aliphatic heterocycles. The van der Waals surface area contributed by atoms with Crippen LogP contribution in [0.3, 0.4) is 0 Å². The molecular weight excluding hydrogens is 260 g/mol. The molecule has 1 saturated carbocycles. The monoisotopic (exact) mass is 280 g/mol. The summed E-state index contributed by atoms with van der Waals surface area (Å²) >= 11 is 5.92. The Morgan fingerprint density at radius 2 is 2.11 bits per heavy atom. The van der Waals surface area contributed by atoms with E-state index in [0.717, 1.165) is 6.42 Å². The number of carbonyl (C=O) groups is 1. The molecule has 0 aromatic heterocycles. The number of rotatable bonds is 2. The zero-order valence-corrected chi connectivity index (χ0v) is 12.2. The molecule has 1 amide bonds. The summed E-state index contributed by atoms with van der Waals surface area (Å²) in [6.45, 7) is 4.45. The van der Waals surface area contributed by atoms with Crippen LogP contribution in [0.25, 0.3) is 0 Å². The molecule has 3 unspecified atom stereocenters. The van der Waals surface area contributed by atoms with Gasteiger partial charge in [-0.2, -0.15) is 0 Å². The molecule has 3 N–H and O–H groups in total.